The van der Waals surface area contributed by atoms with E-state index in [1.165, 1.54) is 65.2 Å². The fourth-order valence-electron chi connectivity index (χ4n) is 4.97. The first-order valence-corrected chi connectivity index (χ1v) is 16.3. The number of amides is 4. The zero-order chi connectivity index (χ0) is 33.9. The van der Waals surface area contributed by atoms with Crippen molar-refractivity contribution >= 4 is 59.8 Å². The second-order valence-corrected chi connectivity index (χ2v) is 12.6. The monoisotopic (exact) mass is 690 g/mol. The number of carbonyl (C=O) groups is 4. The Morgan fingerprint density at radius 1 is 0.851 bits per heavy atom. The maximum absolute atomic E-state index is 13.4. The number of rotatable bonds is 12. The van der Waals surface area contributed by atoms with E-state index in [-0.39, 0.29) is 60.5 Å². The zero-order valence-electron chi connectivity index (χ0n) is 25.2. The van der Waals surface area contributed by atoms with Crippen LogP contribution in [-0.2, 0) is 32.3 Å². The first-order chi connectivity index (χ1) is 22.5. The molecular formula is C29H34N6O10S2. The molecule has 47 heavy (non-hydrogen) atoms. The standard InChI is InChI=1S/C29H34N6O10S2/c36-26(19-47-14-9-30-28(38)44-17-20-1-5-22(6-2-20)34(40)41)31-10-12-32(13-11-31)27(37)25-15-24(46)16-33(25)29(39)45-18-21-3-7-23(8-4-21)35(42)43/h1-8,24-25,46H,9-19H2,(H,30,38)/t24-,25-/m0/s1. The van der Waals surface area contributed by atoms with Crippen molar-refractivity contribution in [3.63, 3.8) is 0 Å². The molecule has 2 aliphatic rings. The summed E-state index contributed by atoms with van der Waals surface area (Å²) >= 11 is 5.83. The van der Waals surface area contributed by atoms with Crippen LogP contribution >= 0.6 is 24.4 Å². The van der Waals surface area contributed by atoms with Gasteiger partial charge in [-0.05, 0) is 41.8 Å². The molecule has 2 aliphatic heterocycles. The minimum Gasteiger partial charge on any atom is -0.445 e. The van der Waals surface area contributed by atoms with Gasteiger partial charge >= 0.3 is 12.2 Å². The molecular weight excluding hydrogens is 656 g/mol. The van der Waals surface area contributed by atoms with Gasteiger partial charge in [-0.2, -0.15) is 24.4 Å². The van der Waals surface area contributed by atoms with E-state index >= 15 is 0 Å². The van der Waals surface area contributed by atoms with Crippen molar-refractivity contribution in [2.24, 2.45) is 0 Å². The maximum Gasteiger partial charge on any atom is 0.410 e. The minimum atomic E-state index is -0.743. The predicted molar refractivity (Wildman–Crippen MR) is 173 cm³/mol. The Hall–Kier alpha value is -4.58. The van der Waals surface area contributed by atoms with E-state index in [1.54, 1.807) is 9.80 Å². The Balaban J connectivity index is 1.12. The third-order valence-corrected chi connectivity index (χ3v) is 8.83. The normalized spacial score (nSPS) is 17.6. The maximum atomic E-state index is 13.4. The van der Waals surface area contributed by atoms with Crippen molar-refractivity contribution in [1.82, 2.24) is 20.0 Å². The fourth-order valence-corrected chi connectivity index (χ4v) is 6.09. The van der Waals surface area contributed by atoms with Crippen molar-refractivity contribution < 1.29 is 38.5 Å². The molecule has 0 bridgehead atoms. The molecule has 1 N–H and O–H groups in total. The summed E-state index contributed by atoms with van der Waals surface area (Å²) in [5.41, 5.74) is 1.06. The van der Waals surface area contributed by atoms with Gasteiger partial charge in [0.25, 0.3) is 11.4 Å². The topological polar surface area (TPSA) is 195 Å². The van der Waals surface area contributed by atoms with Crippen LogP contribution in [0.3, 0.4) is 0 Å². The van der Waals surface area contributed by atoms with Crippen LogP contribution in [0.25, 0.3) is 0 Å². The highest BCUT2D eigenvalue weighted by atomic mass is 32.2. The molecule has 2 aromatic rings. The van der Waals surface area contributed by atoms with Crippen molar-refractivity contribution in [1.29, 1.82) is 0 Å². The molecule has 16 nitrogen and oxygen atoms in total. The molecule has 0 unspecified atom stereocenters. The number of nitrogens with one attached hydrogen (secondary N) is 1. The third-order valence-electron chi connectivity index (χ3n) is 7.51. The van der Waals surface area contributed by atoms with Crippen molar-refractivity contribution in [2.45, 2.75) is 30.9 Å². The van der Waals surface area contributed by atoms with Crippen molar-refractivity contribution in [2.75, 3.05) is 50.8 Å². The Morgan fingerprint density at radius 2 is 1.38 bits per heavy atom. The molecule has 2 saturated heterocycles. The lowest BCUT2D eigenvalue weighted by Crippen LogP contribution is -2.55. The number of nitro groups is 2. The van der Waals surface area contributed by atoms with Gasteiger partial charge in [-0.15, -0.1) is 0 Å². The number of non-ortho nitro benzene ring substituents is 2. The van der Waals surface area contributed by atoms with Gasteiger partial charge in [-0.25, -0.2) is 9.59 Å². The van der Waals surface area contributed by atoms with E-state index in [9.17, 15) is 39.4 Å². The molecule has 4 rings (SSSR count). The third kappa shape index (κ3) is 10.2. The number of nitro benzene ring substituents is 2. The molecule has 2 aromatic carbocycles. The van der Waals surface area contributed by atoms with Crippen LogP contribution in [0.1, 0.15) is 17.5 Å². The summed E-state index contributed by atoms with van der Waals surface area (Å²) in [4.78, 5) is 76.1. The second-order valence-electron chi connectivity index (χ2n) is 10.7. The number of hydrogen-bond acceptors (Lipinski definition) is 12. The molecule has 18 heteroatoms. The molecule has 0 saturated carbocycles. The van der Waals surface area contributed by atoms with Crippen LogP contribution in [0, 0.1) is 20.2 Å². The number of alkyl carbamates (subject to hydrolysis) is 1. The molecule has 2 fully saturated rings. The molecule has 0 radical (unpaired) electrons. The van der Waals surface area contributed by atoms with Crippen LogP contribution in [0.5, 0.6) is 0 Å². The van der Waals surface area contributed by atoms with E-state index in [2.05, 4.69) is 17.9 Å². The van der Waals surface area contributed by atoms with Crippen LogP contribution in [0.2, 0.25) is 0 Å². The quantitative estimate of drug-likeness (QED) is 0.144. The van der Waals surface area contributed by atoms with Gasteiger partial charge < -0.3 is 24.6 Å². The van der Waals surface area contributed by atoms with Crippen molar-refractivity contribution in [3.8, 4) is 0 Å². The molecule has 0 aliphatic carbocycles. The lowest BCUT2D eigenvalue weighted by molar-refractivity contribution is -0.385. The number of nitrogens with zero attached hydrogens (tertiary/aromatic N) is 5. The van der Waals surface area contributed by atoms with Crippen LogP contribution in [0.4, 0.5) is 21.0 Å². The molecule has 2 heterocycles. The summed E-state index contributed by atoms with van der Waals surface area (Å²) in [7, 11) is 0. The predicted octanol–water partition coefficient (Wildman–Crippen LogP) is 2.84. The lowest BCUT2D eigenvalue weighted by Gasteiger charge is -2.37. The smallest absolute Gasteiger partial charge is 0.410 e. The van der Waals surface area contributed by atoms with Crippen LogP contribution < -0.4 is 5.32 Å². The van der Waals surface area contributed by atoms with Crippen LogP contribution in [-0.4, -0.2) is 111 Å². The second kappa shape index (κ2) is 16.8. The SMILES string of the molecule is O=C(NCCSCC(=O)N1CCN(C(=O)[C@@H]2C[C@H](S)CN2C(=O)OCc2ccc([N+](=O)[O-])cc2)CC1)OCc1ccc([N+](=O)[O-])cc1. The number of piperazine rings is 1. The Morgan fingerprint density at radius 3 is 1.94 bits per heavy atom. The summed E-state index contributed by atoms with van der Waals surface area (Å²) in [5.74, 6) is 0.350. The van der Waals surface area contributed by atoms with Gasteiger partial charge in [0.05, 0.1) is 15.6 Å². The van der Waals surface area contributed by atoms with E-state index < -0.39 is 28.1 Å². The van der Waals surface area contributed by atoms with E-state index in [0.29, 0.717) is 49.5 Å². The number of benzene rings is 2. The fraction of sp³-hybridized carbons (Fsp3) is 0.448. The van der Waals surface area contributed by atoms with Crippen LogP contribution in [0.15, 0.2) is 48.5 Å². The number of carbonyl (C=O) groups excluding carboxylic acids is 4. The highest BCUT2D eigenvalue weighted by molar-refractivity contribution is 7.99. The number of hydrogen-bond donors (Lipinski definition) is 2. The number of thiol groups is 1. The van der Waals surface area contributed by atoms with Crippen molar-refractivity contribution in [3.05, 3.63) is 79.9 Å². The molecule has 0 spiro atoms. The van der Waals surface area contributed by atoms with Gasteiger partial charge in [-0.3, -0.25) is 34.7 Å². The average Bonchev–Trinajstić information content (AvgIpc) is 3.47. The number of thioether (sulfide) groups is 1. The molecule has 252 valence electrons. The Bertz CT molecular complexity index is 1450. The first-order valence-electron chi connectivity index (χ1n) is 14.6. The molecule has 4 amide bonds. The van der Waals surface area contributed by atoms with Gasteiger partial charge in [0, 0.05) is 74.5 Å². The summed E-state index contributed by atoms with van der Waals surface area (Å²) in [6, 6.07) is 10.6. The number of ether oxygens (including phenoxy) is 2. The summed E-state index contributed by atoms with van der Waals surface area (Å²) in [6.07, 6.45) is -0.946. The first kappa shape index (κ1) is 35.3. The molecule has 2 atom stereocenters. The van der Waals surface area contributed by atoms with Gasteiger partial charge in [0.15, 0.2) is 0 Å². The van der Waals surface area contributed by atoms with E-state index in [0.717, 1.165) is 0 Å². The largest absolute Gasteiger partial charge is 0.445 e. The van der Waals surface area contributed by atoms with E-state index in [1.807, 2.05) is 0 Å². The number of likely N-dealkylation sites (tertiary alicyclic amines) is 1. The Kier molecular flexibility index (Phi) is 12.6. The average molecular weight is 691 g/mol. The minimum absolute atomic E-state index is 0.0354. The van der Waals surface area contributed by atoms with Gasteiger partial charge in [0.2, 0.25) is 11.8 Å². The highest BCUT2D eigenvalue weighted by Crippen LogP contribution is 2.25. The van der Waals surface area contributed by atoms with Gasteiger partial charge in [-0.1, -0.05) is 0 Å². The summed E-state index contributed by atoms with van der Waals surface area (Å²) in [5, 5.41) is 23.9. The summed E-state index contributed by atoms with van der Waals surface area (Å²) in [6.45, 7) is 1.70. The van der Waals surface area contributed by atoms with Gasteiger partial charge in [0.1, 0.15) is 19.3 Å². The zero-order valence-corrected chi connectivity index (χ0v) is 26.9. The van der Waals surface area contributed by atoms with E-state index in [4.69, 9.17) is 9.47 Å². The summed E-state index contributed by atoms with van der Waals surface area (Å²) < 4.78 is 10.5. The molecule has 0 aromatic heterocycles. The highest BCUT2D eigenvalue weighted by Gasteiger charge is 2.41. The Labute approximate surface area is 279 Å². The lowest BCUT2D eigenvalue weighted by atomic mass is 10.1.